The Bertz CT molecular complexity index is 2510. The van der Waals surface area contributed by atoms with Crippen LogP contribution in [0.5, 0.6) is 11.5 Å². The molecular formula is C61H78INO13. The van der Waals surface area contributed by atoms with E-state index in [2.05, 4.69) is 41.3 Å². The average molecular weight is 1160 g/mol. The van der Waals surface area contributed by atoms with Gasteiger partial charge in [0, 0.05) is 40.6 Å². The molecule has 76 heavy (non-hydrogen) atoms. The van der Waals surface area contributed by atoms with Crippen molar-refractivity contribution in [3.8, 4) is 11.5 Å². The van der Waals surface area contributed by atoms with Crippen LogP contribution in [0.1, 0.15) is 118 Å². The van der Waals surface area contributed by atoms with Gasteiger partial charge in [-0.25, -0.2) is 14.4 Å². The van der Waals surface area contributed by atoms with Gasteiger partial charge in [0.1, 0.15) is 44.5 Å². The molecule has 14 nitrogen and oxygen atoms in total. The predicted molar refractivity (Wildman–Crippen MR) is 307 cm³/mol. The number of hydrogen-bond donors (Lipinski definition) is 0. The van der Waals surface area contributed by atoms with Crippen LogP contribution in [0.25, 0.3) is 18.2 Å². The fourth-order valence-electron chi connectivity index (χ4n) is 5.79. The Balaban J connectivity index is 0.000000393. The Morgan fingerprint density at radius 3 is 1.21 bits per heavy atom. The van der Waals surface area contributed by atoms with Crippen LogP contribution in [0.2, 0.25) is 0 Å². The van der Waals surface area contributed by atoms with Crippen molar-refractivity contribution < 1.29 is 61.9 Å². The molecule has 4 rings (SSSR count). The highest BCUT2D eigenvalue weighted by atomic mass is 127. The zero-order valence-electron chi connectivity index (χ0n) is 46.4. The van der Waals surface area contributed by atoms with Gasteiger partial charge in [0.05, 0.1) is 23.4 Å². The summed E-state index contributed by atoms with van der Waals surface area (Å²) in [6, 6.07) is 30.0. The van der Waals surface area contributed by atoms with Gasteiger partial charge in [0.2, 0.25) is 0 Å². The highest BCUT2D eigenvalue weighted by Gasteiger charge is 2.28. The van der Waals surface area contributed by atoms with Crippen LogP contribution in [0.15, 0.2) is 115 Å². The van der Waals surface area contributed by atoms with E-state index in [1.54, 1.807) is 49.6 Å². The second-order valence-corrected chi connectivity index (χ2v) is 20.3. The normalized spacial score (nSPS) is 11.4. The Morgan fingerprint density at radius 1 is 0.461 bits per heavy atom. The van der Waals surface area contributed by atoms with Gasteiger partial charge in [0.15, 0.2) is 0 Å². The van der Waals surface area contributed by atoms with E-state index < -0.39 is 34.2 Å². The lowest BCUT2D eigenvalue weighted by Crippen LogP contribution is -2.27. The van der Waals surface area contributed by atoms with Crippen LogP contribution in [-0.2, 0) is 59.1 Å². The quantitative estimate of drug-likeness (QED) is 0.0153. The molecule has 0 radical (unpaired) electrons. The molecule has 0 amide bonds. The summed E-state index contributed by atoms with van der Waals surface area (Å²) in [5, 5.41) is 0. The maximum absolute atomic E-state index is 12.0. The van der Waals surface area contributed by atoms with Crippen LogP contribution in [0, 0.1) is 19.8 Å². The summed E-state index contributed by atoms with van der Waals surface area (Å²) in [6.07, 6.45) is 11.3. The number of anilines is 1. The van der Waals surface area contributed by atoms with Crippen molar-refractivity contribution >= 4 is 82.3 Å². The van der Waals surface area contributed by atoms with Gasteiger partial charge in [-0.15, -0.1) is 0 Å². The molecule has 0 aromatic heterocycles. The van der Waals surface area contributed by atoms with Crippen molar-refractivity contribution in [2.24, 2.45) is 16.2 Å². The molecular weight excluding hydrogens is 1080 g/mol. The Kier molecular flexibility index (Phi) is 29.3. The molecule has 15 heteroatoms. The number of methoxy groups -OCH3 is 1. The van der Waals surface area contributed by atoms with E-state index >= 15 is 0 Å². The first kappa shape index (κ1) is 65.4. The standard InChI is InChI=1S/C23H26O5.C21H31NO4.C17H21IO4/c1-5-23(2,3)22(25)27-16-18-8-13-20(14-9-18)28-21(24)15-10-17-6-11-19(26-4)12-7-17;1-6-21(4,5)20(24)26-16-15-25-19(23)14-11-17-9-12-18(13-10-17)22(7-2)8-3;1-4-17(2,3)16(20)22-12-11-21-15(19)10-7-13-5-8-14(18)9-6-13/h6-15H,5,16H2,1-4H3;9-14H,6-8,15-16H2,1-5H3;5-10H,4,11-12H2,1-3H3/b15-10+;14-11+;10-7+. The number of halogens is 1. The summed E-state index contributed by atoms with van der Waals surface area (Å²) in [4.78, 5) is 72.9. The first-order chi connectivity index (χ1) is 36.0. The molecule has 0 bridgehead atoms. The molecule has 0 spiro atoms. The van der Waals surface area contributed by atoms with Gasteiger partial charge in [-0.3, -0.25) is 14.4 Å². The number of rotatable bonds is 25. The molecule has 412 valence electrons. The number of esters is 6. The number of carbonyl (C=O) groups is 6. The number of ether oxygens (including phenoxy) is 7. The van der Waals surface area contributed by atoms with Crippen molar-refractivity contribution in [1.29, 1.82) is 0 Å². The molecule has 0 aliphatic carbocycles. The smallest absolute Gasteiger partial charge is 0.336 e. The molecule has 0 fully saturated rings. The predicted octanol–water partition coefficient (Wildman–Crippen LogP) is 12.7. The minimum Gasteiger partial charge on any atom is -0.497 e. The zero-order chi connectivity index (χ0) is 56.7. The third kappa shape index (κ3) is 25.2. The van der Waals surface area contributed by atoms with Crippen LogP contribution in [-0.4, -0.2) is 82.4 Å². The SMILES string of the molecule is CCC(C)(C)C(=O)OCCOC(=O)/C=C/c1ccc(I)cc1.CCC(C)(C)C(=O)OCc1ccc(OC(=O)/C=C/c2ccc(OC)cc2)cc1.CCN(CC)c1ccc(/C=C/C(=O)OCCOC(=O)C(C)(C)CC)cc1. The Labute approximate surface area is 464 Å². The van der Waals surface area contributed by atoms with E-state index in [0.29, 0.717) is 25.0 Å². The van der Waals surface area contributed by atoms with E-state index in [1.165, 1.54) is 18.2 Å². The van der Waals surface area contributed by atoms with Crippen molar-refractivity contribution in [3.63, 3.8) is 0 Å². The van der Waals surface area contributed by atoms with Gasteiger partial charge in [-0.1, -0.05) is 69.3 Å². The second kappa shape index (κ2) is 34.0. The van der Waals surface area contributed by atoms with Gasteiger partial charge < -0.3 is 38.1 Å². The maximum atomic E-state index is 12.0. The summed E-state index contributed by atoms with van der Waals surface area (Å²) in [5.41, 5.74) is 3.19. The van der Waals surface area contributed by atoms with E-state index in [0.717, 1.165) is 50.4 Å². The van der Waals surface area contributed by atoms with E-state index in [9.17, 15) is 28.8 Å². The molecule has 0 heterocycles. The molecule has 0 N–H and O–H groups in total. The first-order valence-corrected chi connectivity index (χ1v) is 26.6. The molecule has 0 aliphatic rings. The largest absolute Gasteiger partial charge is 0.497 e. The van der Waals surface area contributed by atoms with E-state index in [4.69, 9.17) is 33.2 Å². The van der Waals surface area contributed by atoms with Gasteiger partial charge in [-0.2, -0.15) is 0 Å². The molecule has 4 aromatic carbocycles. The van der Waals surface area contributed by atoms with Crippen LogP contribution < -0.4 is 14.4 Å². The minimum absolute atomic E-state index is 0.0512. The average Bonchev–Trinajstić information content (AvgIpc) is 3.42. The Hall–Kier alpha value is -6.75. The van der Waals surface area contributed by atoms with Gasteiger partial charge in [-0.05, 0) is 186 Å². The lowest BCUT2D eigenvalue weighted by molar-refractivity contribution is -0.158. The number of hydrogen-bond acceptors (Lipinski definition) is 14. The third-order valence-electron chi connectivity index (χ3n) is 12.2. The lowest BCUT2D eigenvalue weighted by atomic mass is 9.91. The van der Waals surface area contributed by atoms with Crippen molar-refractivity contribution in [3.05, 3.63) is 141 Å². The highest BCUT2D eigenvalue weighted by Crippen LogP contribution is 2.24. The van der Waals surface area contributed by atoms with Gasteiger partial charge >= 0.3 is 35.8 Å². The minimum atomic E-state index is -0.513. The van der Waals surface area contributed by atoms with Gasteiger partial charge in [0.25, 0.3) is 0 Å². The molecule has 0 saturated heterocycles. The summed E-state index contributed by atoms with van der Waals surface area (Å²) < 4.78 is 37.1. The maximum Gasteiger partial charge on any atom is 0.336 e. The summed E-state index contributed by atoms with van der Waals surface area (Å²) in [7, 11) is 1.60. The third-order valence-corrected chi connectivity index (χ3v) is 12.9. The zero-order valence-corrected chi connectivity index (χ0v) is 48.6. The summed E-state index contributed by atoms with van der Waals surface area (Å²) in [5.74, 6) is -0.987. The molecule has 0 aliphatic heterocycles. The fraction of sp³-hybridized carbons (Fsp3) is 0.410. The van der Waals surface area contributed by atoms with E-state index in [-0.39, 0.29) is 50.9 Å². The fourth-order valence-corrected chi connectivity index (χ4v) is 6.15. The van der Waals surface area contributed by atoms with E-state index in [1.807, 2.05) is 135 Å². The number of carbonyl (C=O) groups excluding carboxylic acids is 6. The first-order valence-electron chi connectivity index (χ1n) is 25.5. The second-order valence-electron chi connectivity index (χ2n) is 19.0. The molecule has 0 unspecified atom stereocenters. The number of benzene rings is 4. The topological polar surface area (TPSA) is 170 Å². The highest BCUT2D eigenvalue weighted by molar-refractivity contribution is 14.1. The molecule has 4 aromatic rings. The van der Waals surface area contributed by atoms with Crippen molar-refractivity contribution in [2.75, 3.05) is 51.5 Å². The van der Waals surface area contributed by atoms with Crippen LogP contribution >= 0.6 is 22.6 Å². The monoisotopic (exact) mass is 1160 g/mol. The van der Waals surface area contributed by atoms with Crippen LogP contribution in [0.4, 0.5) is 5.69 Å². The van der Waals surface area contributed by atoms with Crippen LogP contribution in [0.3, 0.4) is 0 Å². The van der Waals surface area contributed by atoms with Crippen molar-refractivity contribution in [2.45, 2.75) is 102 Å². The summed E-state index contributed by atoms with van der Waals surface area (Å²) in [6.45, 7) is 23.4. The lowest BCUT2D eigenvalue weighted by Gasteiger charge is -2.20. The van der Waals surface area contributed by atoms with Crippen molar-refractivity contribution in [1.82, 2.24) is 0 Å². The number of nitrogens with zero attached hydrogens (tertiary/aromatic N) is 1. The molecule has 0 saturated carbocycles. The molecule has 0 atom stereocenters. The Morgan fingerprint density at radius 2 is 0.816 bits per heavy atom. The summed E-state index contributed by atoms with van der Waals surface area (Å²) >= 11 is 2.22.